The van der Waals surface area contributed by atoms with Gasteiger partial charge >= 0.3 is 24.0 Å². The minimum atomic E-state index is -1.86. The molecule has 0 spiro atoms. The third-order valence-corrected chi connectivity index (χ3v) is 4.17. The molecule has 5 atom stereocenters. The first kappa shape index (κ1) is 28.5. The lowest BCUT2D eigenvalue weighted by Gasteiger charge is -2.44. The molecule has 0 aromatic carbocycles. The van der Waals surface area contributed by atoms with Gasteiger partial charge in [0.1, 0.15) is 25.4 Å². The molecule has 1 aliphatic rings. The number of halogens is 3. The van der Waals surface area contributed by atoms with Crippen LogP contribution < -0.4 is 5.32 Å². The minimum absolute atomic E-state index is 0.206. The molecular weight excluding hydrogens is 497 g/mol. The second-order valence-electron chi connectivity index (χ2n) is 6.73. The highest BCUT2D eigenvalue weighted by Gasteiger charge is 2.51. The van der Waals surface area contributed by atoms with Crippen LogP contribution in [0.15, 0.2) is 0 Å². The number of alkyl carbamates (subject to hydrolysis) is 1. The Kier molecular flexibility index (Phi) is 11.8. The number of alkyl halides is 3. The maximum atomic E-state index is 12.3. The van der Waals surface area contributed by atoms with E-state index in [9.17, 15) is 19.2 Å². The summed E-state index contributed by atoms with van der Waals surface area (Å²) in [6.45, 7) is 4.58. The van der Waals surface area contributed by atoms with E-state index in [2.05, 4.69) is 5.32 Å². The summed E-state index contributed by atoms with van der Waals surface area (Å²) < 4.78 is 30.1. The Morgan fingerprint density at radius 2 is 1.53 bits per heavy atom. The lowest BCUT2D eigenvalue weighted by Crippen LogP contribution is -2.66. The van der Waals surface area contributed by atoms with Gasteiger partial charge in [0, 0.05) is 27.4 Å². The predicted molar refractivity (Wildman–Crippen MR) is 111 cm³/mol. The smallest absolute Gasteiger partial charge is 0.407 e. The maximum absolute atomic E-state index is 12.3. The van der Waals surface area contributed by atoms with Crippen LogP contribution in [-0.4, -0.2) is 78.3 Å². The van der Waals surface area contributed by atoms with Crippen molar-refractivity contribution in [3.63, 3.8) is 0 Å². The van der Waals surface area contributed by atoms with Crippen molar-refractivity contribution in [3.05, 3.63) is 0 Å². The molecule has 0 saturated carbocycles. The Labute approximate surface area is 200 Å². The fourth-order valence-electron chi connectivity index (χ4n) is 2.76. The molecule has 0 aliphatic carbocycles. The van der Waals surface area contributed by atoms with Crippen LogP contribution in [0.5, 0.6) is 0 Å². The zero-order valence-corrected chi connectivity index (χ0v) is 20.2. The Morgan fingerprint density at radius 3 is 2.03 bits per heavy atom. The molecule has 1 fully saturated rings. The summed E-state index contributed by atoms with van der Waals surface area (Å²) in [4.78, 5) is 47.1. The lowest BCUT2D eigenvalue weighted by atomic mass is 9.96. The number of rotatable bonds is 9. The van der Waals surface area contributed by atoms with Gasteiger partial charge in [-0.3, -0.25) is 14.4 Å². The highest BCUT2D eigenvalue weighted by atomic mass is 35.6. The van der Waals surface area contributed by atoms with Gasteiger partial charge in [-0.15, -0.1) is 0 Å². The molecule has 1 heterocycles. The van der Waals surface area contributed by atoms with E-state index in [4.69, 9.17) is 63.2 Å². The van der Waals surface area contributed by atoms with E-state index in [1.54, 1.807) is 0 Å². The van der Waals surface area contributed by atoms with Gasteiger partial charge < -0.3 is 33.7 Å². The average molecular weight is 523 g/mol. The zero-order chi connectivity index (χ0) is 24.5. The summed E-state index contributed by atoms with van der Waals surface area (Å²) in [5.41, 5.74) is 0. The third kappa shape index (κ3) is 10.4. The molecule has 184 valence electrons. The second-order valence-corrected chi connectivity index (χ2v) is 9.24. The lowest BCUT2D eigenvalue weighted by molar-refractivity contribution is -0.277. The van der Waals surface area contributed by atoms with Crippen LogP contribution in [0.1, 0.15) is 34.1 Å². The molecule has 11 nitrogen and oxygen atoms in total. The topological polar surface area (TPSA) is 136 Å². The number of nitrogens with one attached hydrogen (secondary N) is 1. The van der Waals surface area contributed by atoms with Crippen LogP contribution in [0.4, 0.5) is 4.79 Å². The van der Waals surface area contributed by atoms with E-state index in [-0.39, 0.29) is 13.2 Å². The van der Waals surface area contributed by atoms with E-state index in [1.807, 2.05) is 6.92 Å². The van der Waals surface area contributed by atoms with Crippen molar-refractivity contribution in [2.75, 3.05) is 19.8 Å². The fourth-order valence-corrected chi connectivity index (χ4v) is 2.92. The molecule has 0 aromatic rings. The average Bonchev–Trinajstić information content (AvgIpc) is 2.65. The van der Waals surface area contributed by atoms with Crippen LogP contribution in [0.3, 0.4) is 0 Å². The number of hydrogen-bond acceptors (Lipinski definition) is 10. The van der Waals surface area contributed by atoms with Crippen molar-refractivity contribution < 1.29 is 47.6 Å². The fraction of sp³-hybridized carbons (Fsp3) is 0.778. The Balaban J connectivity index is 3.23. The van der Waals surface area contributed by atoms with Crippen molar-refractivity contribution in [3.8, 4) is 0 Å². The van der Waals surface area contributed by atoms with Gasteiger partial charge in [-0.05, 0) is 6.42 Å². The SMILES string of the molecule is CCCO[C@@H]1O[C@H](COC(C)=O)[C@@H](OC(C)=O)[C@H](OC(C)=O)[C@H]1NC(=O)OCC(Cl)(Cl)Cl. The molecule has 0 unspecified atom stereocenters. The highest BCUT2D eigenvalue weighted by Crippen LogP contribution is 2.29. The third-order valence-electron chi connectivity index (χ3n) is 3.84. The molecule has 32 heavy (non-hydrogen) atoms. The normalized spacial score (nSPS) is 25.4. The molecule has 0 aromatic heterocycles. The maximum Gasteiger partial charge on any atom is 0.407 e. The molecule has 0 bridgehead atoms. The summed E-state index contributed by atoms with van der Waals surface area (Å²) in [6, 6.07) is -1.19. The molecule has 14 heteroatoms. The van der Waals surface area contributed by atoms with E-state index in [0.717, 1.165) is 13.8 Å². The highest BCUT2D eigenvalue weighted by molar-refractivity contribution is 6.67. The Bertz CT molecular complexity index is 672. The van der Waals surface area contributed by atoms with Crippen LogP contribution in [0.2, 0.25) is 0 Å². The predicted octanol–water partition coefficient (Wildman–Crippen LogP) is 2.03. The van der Waals surface area contributed by atoms with Crippen LogP contribution in [0.25, 0.3) is 0 Å². The summed E-state index contributed by atoms with van der Waals surface area (Å²) in [7, 11) is 0. The van der Waals surface area contributed by atoms with Crippen LogP contribution in [0, 0.1) is 0 Å². The molecule has 1 saturated heterocycles. The van der Waals surface area contributed by atoms with Crippen molar-refractivity contribution in [1.82, 2.24) is 5.32 Å². The van der Waals surface area contributed by atoms with Crippen LogP contribution >= 0.6 is 34.8 Å². The number of ether oxygens (including phenoxy) is 6. The number of esters is 3. The van der Waals surface area contributed by atoms with Crippen LogP contribution in [-0.2, 0) is 42.8 Å². The van der Waals surface area contributed by atoms with Crippen molar-refractivity contribution in [2.24, 2.45) is 0 Å². The first-order valence-corrected chi connectivity index (χ1v) is 10.7. The Morgan fingerprint density at radius 1 is 0.938 bits per heavy atom. The van der Waals surface area contributed by atoms with Gasteiger partial charge in [0.2, 0.25) is 3.79 Å². The van der Waals surface area contributed by atoms with Gasteiger partial charge in [-0.2, -0.15) is 0 Å². The number of carbonyl (C=O) groups excluding carboxylic acids is 4. The number of hydrogen-bond donors (Lipinski definition) is 1. The Hall–Kier alpha value is -1.53. The zero-order valence-electron chi connectivity index (χ0n) is 17.9. The monoisotopic (exact) mass is 521 g/mol. The molecule has 0 radical (unpaired) electrons. The van der Waals surface area contributed by atoms with Gasteiger partial charge in [0.15, 0.2) is 18.5 Å². The van der Waals surface area contributed by atoms with E-state index >= 15 is 0 Å². The van der Waals surface area contributed by atoms with Crippen molar-refractivity contribution in [2.45, 2.75) is 68.6 Å². The molecule has 1 aliphatic heterocycles. The van der Waals surface area contributed by atoms with Gasteiger partial charge in [0.05, 0.1) is 0 Å². The van der Waals surface area contributed by atoms with E-state index in [1.165, 1.54) is 6.92 Å². The number of carbonyl (C=O) groups is 4. The second kappa shape index (κ2) is 13.2. The first-order chi connectivity index (χ1) is 14.8. The van der Waals surface area contributed by atoms with Gasteiger partial charge in [-0.25, -0.2) is 4.79 Å². The molecule has 1 N–H and O–H groups in total. The van der Waals surface area contributed by atoms with Gasteiger partial charge in [0.25, 0.3) is 0 Å². The largest absolute Gasteiger partial charge is 0.463 e. The molecular formula is C18H26Cl3NO10. The number of amides is 1. The van der Waals surface area contributed by atoms with Crippen molar-refractivity contribution in [1.29, 1.82) is 0 Å². The minimum Gasteiger partial charge on any atom is -0.463 e. The summed E-state index contributed by atoms with van der Waals surface area (Å²) in [5, 5.41) is 2.43. The van der Waals surface area contributed by atoms with E-state index < -0.39 is 65.0 Å². The van der Waals surface area contributed by atoms with Crippen molar-refractivity contribution >= 4 is 58.8 Å². The first-order valence-electron chi connectivity index (χ1n) is 9.59. The van der Waals surface area contributed by atoms with E-state index in [0.29, 0.717) is 6.42 Å². The summed E-state index contributed by atoms with van der Waals surface area (Å²) in [6.07, 6.45) is -5.24. The van der Waals surface area contributed by atoms with Gasteiger partial charge in [-0.1, -0.05) is 41.7 Å². The molecule has 1 amide bonds. The quantitative estimate of drug-likeness (QED) is 0.272. The molecule has 1 rings (SSSR count). The summed E-state index contributed by atoms with van der Waals surface area (Å²) >= 11 is 16.7. The summed E-state index contributed by atoms with van der Waals surface area (Å²) in [5.74, 6) is -2.08. The standard InChI is InChI=1S/C18H26Cl3NO10/c1-5-6-27-16-13(22-17(26)29-8-18(19,20)21)15(31-11(4)25)14(30-10(3)24)12(32-16)7-28-9(2)23/h12-16H,5-8H2,1-4H3,(H,22,26)/t12-,13-,14-,15-,16-/m1/s1.